The van der Waals surface area contributed by atoms with E-state index in [-0.39, 0.29) is 5.56 Å². The Morgan fingerprint density at radius 2 is 1.74 bits per heavy atom. The molecule has 4 heteroatoms. The molecule has 0 aliphatic rings. The number of hydrogen-bond donors (Lipinski definition) is 1. The van der Waals surface area contributed by atoms with Gasteiger partial charge in [-0.1, -0.05) is 19.4 Å². The van der Waals surface area contributed by atoms with Crippen molar-refractivity contribution in [3.63, 3.8) is 0 Å². The van der Waals surface area contributed by atoms with E-state index in [0.29, 0.717) is 5.69 Å². The van der Waals surface area contributed by atoms with Gasteiger partial charge in [-0.3, -0.25) is 9.48 Å². The Morgan fingerprint density at radius 3 is 2.26 bits per heavy atom. The highest BCUT2D eigenvalue weighted by atomic mass is 16.1. The van der Waals surface area contributed by atoms with Gasteiger partial charge in [0.2, 0.25) is 0 Å². The van der Waals surface area contributed by atoms with E-state index in [4.69, 9.17) is 5.73 Å². The Bertz CT molecular complexity index is 645. The molecule has 1 aromatic heterocycles. The number of rotatable bonds is 3. The van der Waals surface area contributed by atoms with Crippen molar-refractivity contribution in [2.75, 3.05) is 5.73 Å². The fraction of sp³-hybridized carbons (Fsp3) is 0.400. The summed E-state index contributed by atoms with van der Waals surface area (Å²) in [4.78, 5) is 12.3. The minimum atomic E-state index is -0.129. The van der Waals surface area contributed by atoms with E-state index >= 15 is 0 Å². The van der Waals surface area contributed by atoms with Gasteiger partial charge in [0.1, 0.15) is 5.69 Å². The first-order valence-corrected chi connectivity index (χ1v) is 6.60. The molecule has 0 aliphatic carbocycles. The highest BCUT2D eigenvalue weighted by Gasteiger charge is 2.15. The average molecular weight is 259 g/mol. The highest BCUT2D eigenvalue weighted by Crippen LogP contribution is 2.16. The summed E-state index contributed by atoms with van der Waals surface area (Å²) >= 11 is 0. The third-order valence-corrected chi connectivity index (χ3v) is 3.36. The summed E-state index contributed by atoms with van der Waals surface area (Å²) in [5.41, 5.74) is 10.2. The highest BCUT2D eigenvalue weighted by molar-refractivity contribution is 5.47. The maximum atomic E-state index is 12.3. The van der Waals surface area contributed by atoms with Gasteiger partial charge < -0.3 is 5.73 Å². The van der Waals surface area contributed by atoms with Crippen LogP contribution in [0.1, 0.15) is 30.2 Å². The molecule has 0 atom stereocenters. The van der Waals surface area contributed by atoms with E-state index in [1.807, 2.05) is 37.7 Å². The maximum absolute atomic E-state index is 12.3. The van der Waals surface area contributed by atoms with E-state index in [9.17, 15) is 4.79 Å². The molecule has 2 aromatic rings. The lowest BCUT2D eigenvalue weighted by molar-refractivity contribution is 0.610. The zero-order valence-corrected chi connectivity index (χ0v) is 12.0. The van der Waals surface area contributed by atoms with Crippen LogP contribution in [0.5, 0.6) is 0 Å². The average Bonchev–Trinajstić information content (AvgIpc) is 2.52. The van der Waals surface area contributed by atoms with Crippen LogP contribution in [0.2, 0.25) is 0 Å². The molecule has 2 rings (SSSR count). The van der Waals surface area contributed by atoms with Crippen LogP contribution in [0, 0.1) is 13.8 Å². The molecule has 4 nitrogen and oxygen atoms in total. The second-order valence-electron chi connectivity index (χ2n) is 5.10. The topological polar surface area (TPSA) is 53.0 Å². The predicted octanol–water partition coefficient (Wildman–Crippen LogP) is 2.33. The minimum Gasteiger partial charge on any atom is -0.393 e. The van der Waals surface area contributed by atoms with Crippen molar-refractivity contribution in [1.82, 2.24) is 9.36 Å². The van der Waals surface area contributed by atoms with Crippen molar-refractivity contribution in [2.24, 2.45) is 7.05 Å². The first kappa shape index (κ1) is 13.5. The number of benzene rings is 1. The molecule has 0 aliphatic heterocycles. The van der Waals surface area contributed by atoms with Crippen molar-refractivity contribution in [2.45, 2.75) is 33.6 Å². The van der Waals surface area contributed by atoms with Crippen molar-refractivity contribution in [1.29, 1.82) is 0 Å². The molecule has 2 N–H and O–H groups in total. The first-order valence-electron chi connectivity index (χ1n) is 6.60. The zero-order chi connectivity index (χ0) is 14.2. The summed E-state index contributed by atoms with van der Waals surface area (Å²) in [7, 11) is 1.89. The molecule has 0 amide bonds. The molecule has 1 heterocycles. The van der Waals surface area contributed by atoms with Gasteiger partial charge in [0.05, 0.1) is 11.4 Å². The first-order chi connectivity index (χ1) is 8.95. The molecule has 1 aromatic carbocycles. The van der Waals surface area contributed by atoms with Crippen LogP contribution in [0.15, 0.2) is 23.0 Å². The summed E-state index contributed by atoms with van der Waals surface area (Å²) in [5, 5.41) is 0. The summed E-state index contributed by atoms with van der Waals surface area (Å²) in [6, 6.07) is 6.10. The van der Waals surface area contributed by atoms with Crippen LogP contribution in [0.25, 0.3) is 5.69 Å². The second-order valence-corrected chi connectivity index (χ2v) is 5.10. The molecule has 0 radical (unpaired) electrons. The number of aromatic nitrogens is 2. The number of nitrogen functional groups attached to an aromatic ring is 1. The van der Waals surface area contributed by atoms with Gasteiger partial charge in [-0.2, -0.15) is 0 Å². The normalized spacial score (nSPS) is 10.9. The number of aryl methyl sites for hydroxylation is 2. The van der Waals surface area contributed by atoms with Crippen molar-refractivity contribution in [3.05, 3.63) is 45.4 Å². The van der Waals surface area contributed by atoms with Gasteiger partial charge in [0.25, 0.3) is 5.56 Å². The molecule has 102 valence electrons. The number of anilines is 1. The number of hydrogen-bond acceptors (Lipinski definition) is 2. The van der Waals surface area contributed by atoms with Crippen LogP contribution in [-0.2, 0) is 13.5 Å². The smallest absolute Gasteiger partial charge is 0.294 e. The van der Waals surface area contributed by atoms with Crippen molar-refractivity contribution >= 4 is 5.69 Å². The summed E-state index contributed by atoms with van der Waals surface area (Å²) < 4.78 is 3.52. The fourth-order valence-electron chi connectivity index (χ4n) is 2.57. The van der Waals surface area contributed by atoms with Crippen molar-refractivity contribution in [3.8, 4) is 5.69 Å². The van der Waals surface area contributed by atoms with E-state index in [1.165, 1.54) is 0 Å². The molecular formula is C15H21N3O. The minimum absolute atomic E-state index is 0.129. The van der Waals surface area contributed by atoms with Gasteiger partial charge in [-0.25, -0.2) is 4.68 Å². The standard InChI is InChI=1S/C15H21N3O/c1-5-6-13-14(16)15(19)18(17(13)4)12-8-10(2)7-11(3)9-12/h7-9H,5-6,16H2,1-4H3. The van der Waals surface area contributed by atoms with E-state index in [2.05, 4.69) is 13.0 Å². The molecule has 0 fully saturated rings. The lowest BCUT2D eigenvalue weighted by atomic mass is 10.1. The van der Waals surface area contributed by atoms with Gasteiger partial charge in [0.15, 0.2) is 0 Å². The maximum Gasteiger partial charge on any atom is 0.294 e. The predicted molar refractivity (Wildman–Crippen MR) is 78.9 cm³/mol. The summed E-state index contributed by atoms with van der Waals surface area (Å²) in [6.45, 7) is 6.14. The number of nitrogens with two attached hydrogens (primary N) is 1. The quantitative estimate of drug-likeness (QED) is 0.919. The molecule has 0 unspecified atom stereocenters. The second kappa shape index (κ2) is 4.96. The number of nitrogens with zero attached hydrogens (tertiary/aromatic N) is 2. The monoisotopic (exact) mass is 259 g/mol. The van der Waals surface area contributed by atoms with Gasteiger partial charge in [-0.15, -0.1) is 0 Å². The van der Waals surface area contributed by atoms with Gasteiger partial charge in [-0.05, 0) is 43.5 Å². The molecule has 0 bridgehead atoms. The van der Waals surface area contributed by atoms with Crippen LogP contribution in [0.3, 0.4) is 0 Å². The molecule has 0 saturated heterocycles. The van der Waals surface area contributed by atoms with E-state index in [1.54, 1.807) is 4.68 Å². The summed E-state index contributed by atoms with van der Waals surface area (Å²) in [5.74, 6) is 0. The molecule has 0 saturated carbocycles. The Balaban J connectivity index is 2.69. The Kier molecular flexibility index (Phi) is 3.51. The third kappa shape index (κ3) is 2.30. The Morgan fingerprint density at radius 1 is 1.16 bits per heavy atom. The Labute approximate surface area is 113 Å². The van der Waals surface area contributed by atoms with Crippen LogP contribution in [-0.4, -0.2) is 9.36 Å². The van der Waals surface area contributed by atoms with E-state index < -0.39 is 0 Å². The SMILES string of the molecule is CCCc1c(N)c(=O)n(-c2cc(C)cc(C)c2)n1C. The van der Waals surface area contributed by atoms with Gasteiger partial charge in [0, 0.05) is 7.05 Å². The van der Waals surface area contributed by atoms with Crippen LogP contribution >= 0.6 is 0 Å². The van der Waals surface area contributed by atoms with Crippen molar-refractivity contribution < 1.29 is 0 Å². The summed E-state index contributed by atoms with van der Waals surface area (Å²) in [6.07, 6.45) is 1.78. The van der Waals surface area contributed by atoms with Crippen LogP contribution in [0.4, 0.5) is 5.69 Å². The third-order valence-electron chi connectivity index (χ3n) is 3.36. The van der Waals surface area contributed by atoms with Gasteiger partial charge >= 0.3 is 0 Å². The van der Waals surface area contributed by atoms with Crippen LogP contribution < -0.4 is 11.3 Å². The largest absolute Gasteiger partial charge is 0.393 e. The lowest BCUT2D eigenvalue weighted by Gasteiger charge is -2.11. The Hall–Kier alpha value is -1.97. The fourth-order valence-corrected chi connectivity index (χ4v) is 2.57. The van der Waals surface area contributed by atoms with E-state index in [0.717, 1.165) is 35.3 Å². The zero-order valence-electron chi connectivity index (χ0n) is 12.0. The molecule has 0 spiro atoms. The molecular weight excluding hydrogens is 238 g/mol. The lowest BCUT2D eigenvalue weighted by Crippen LogP contribution is -2.20. The molecule has 19 heavy (non-hydrogen) atoms.